The average Bonchev–Trinajstić information content (AvgIpc) is 3.35. The Morgan fingerprint density at radius 2 is 0.371 bits per heavy atom. The molecule has 0 saturated carbocycles. The topological polar surface area (TPSA) is 82.1 Å². The smallest absolute Gasteiger partial charge is 0.305 e. The molecule has 0 bridgehead atoms. The second-order valence-electron chi connectivity index (χ2n) is 21.7. The quantitative estimate of drug-likeness (QED) is 0.0341. The maximum atomic E-state index is 12.6. The molecule has 0 fully saturated rings. The van der Waals surface area contributed by atoms with Crippen molar-refractivity contribution >= 4 is 17.9 Å². The maximum absolute atomic E-state index is 12.6. The fourth-order valence-electron chi connectivity index (χ4n) is 9.87. The number of unbranched alkanes of at least 4 members (excludes halogenated alkanes) is 45. The Morgan fingerprint density at radius 3 is 0.529 bits per heavy atom. The molecule has 7 nitrogen and oxygen atoms in total. The third kappa shape index (κ3) is 57.3. The largest absolute Gasteiger partial charge is 0.464 e. The summed E-state index contributed by atoms with van der Waals surface area (Å²) in [6.45, 7) is 9.30. The first-order chi connectivity index (χ1) is 34.5. The van der Waals surface area contributed by atoms with Gasteiger partial charge in [0, 0.05) is 38.9 Å². The van der Waals surface area contributed by atoms with Gasteiger partial charge in [0.2, 0.25) is 0 Å². The summed E-state index contributed by atoms with van der Waals surface area (Å²) in [7, 11) is 0. The molecule has 0 N–H and O–H groups in total. The Bertz CT molecular complexity index is 924. The van der Waals surface area contributed by atoms with Crippen LogP contribution in [0, 0.1) is 0 Å². The summed E-state index contributed by atoms with van der Waals surface area (Å²) in [4.78, 5) is 39.8. The lowest BCUT2D eigenvalue weighted by atomic mass is 10.0. The SMILES string of the molecule is CCCCCCCCCCCCCCCCCCC(=O)OCCN(CCOC(=O)CCCCCCCCCCCCCCCCCC)CCOC(=O)CCCCCCCCCCCCCCCCCC. The summed E-state index contributed by atoms with van der Waals surface area (Å²) in [5, 5.41) is 0. The van der Waals surface area contributed by atoms with E-state index in [0.29, 0.717) is 38.9 Å². The lowest BCUT2D eigenvalue weighted by Gasteiger charge is -2.22. The molecule has 0 saturated heterocycles. The summed E-state index contributed by atoms with van der Waals surface area (Å²) in [5.74, 6) is -0.415. The molecular weight excluding hydrogens is 867 g/mol. The Morgan fingerprint density at radius 1 is 0.229 bits per heavy atom. The number of nitrogens with zero attached hydrogens (tertiary/aromatic N) is 1. The van der Waals surface area contributed by atoms with Gasteiger partial charge in [0.1, 0.15) is 19.8 Å². The van der Waals surface area contributed by atoms with Gasteiger partial charge in [-0.2, -0.15) is 0 Å². The number of esters is 3. The Kier molecular flexibility index (Phi) is 58.5. The lowest BCUT2D eigenvalue weighted by Crippen LogP contribution is -2.35. The summed E-state index contributed by atoms with van der Waals surface area (Å²) >= 11 is 0. The van der Waals surface area contributed by atoms with Crippen LogP contribution in [-0.4, -0.2) is 62.3 Å². The minimum Gasteiger partial charge on any atom is -0.464 e. The van der Waals surface area contributed by atoms with Crippen molar-refractivity contribution in [1.29, 1.82) is 0 Å². The van der Waals surface area contributed by atoms with Gasteiger partial charge < -0.3 is 14.2 Å². The van der Waals surface area contributed by atoms with E-state index in [1.807, 2.05) is 0 Å². The highest BCUT2D eigenvalue weighted by Gasteiger charge is 2.12. The fraction of sp³-hybridized carbons (Fsp3) is 0.952. The van der Waals surface area contributed by atoms with Crippen molar-refractivity contribution in [2.75, 3.05) is 39.5 Å². The zero-order valence-corrected chi connectivity index (χ0v) is 47.7. The second kappa shape index (κ2) is 59.9. The molecule has 0 aliphatic carbocycles. The standard InChI is InChI=1S/C63H123NO6/c1-4-7-10-13-16-19-22-25-28-31-34-37-40-43-46-49-52-61(65)68-58-55-64(56-59-69-62(66)53-50-47-44-41-38-35-32-29-26-23-20-17-14-11-8-5-2)57-60-70-63(67)54-51-48-45-42-39-36-33-30-27-24-21-18-15-12-9-6-3/h4-60H2,1-3H3. The molecule has 0 rings (SSSR count). The van der Waals surface area contributed by atoms with E-state index in [0.717, 1.165) is 38.5 Å². The van der Waals surface area contributed by atoms with Gasteiger partial charge in [0.15, 0.2) is 0 Å². The molecule has 0 aliphatic heterocycles. The van der Waals surface area contributed by atoms with Crippen molar-refractivity contribution in [3.8, 4) is 0 Å². The van der Waals surface area contributed by atoms with Crippen LogP contribution in [0.2, 0.25) is 0 Å². The molecule has 416 valence electrons. The molecule has 0 atom stereocenters. The number of carbonyl (C=O) groups excluding carboxylic acids is 3. The molecule has 0 aromatic heterocycles. The van der Waals surface area contributed by atoms with E-state index in [1.54, 1.807) is 0 Å². The van der Waals surface area contributed by atoms with Crippen LogP contribution in [-0.2, 0) is 28.6 Å². The summed E-state index contributed by atoms with van der Waals surface area (Å²) in [5.41, 5.74) is 0. The van der Waals surface area contributed by atoms with Gasteiger partial charge in [0.25, 0.3) is 0 Å². The van der Waals surface area contributed by atoms with Gasteiger partial charge in [-0.15, -0.1) is 0 Å². The van der Waals surface area contributed by atoms with E-state index < -0.39 is 0 Å². The van der Waals surface area contributed by atoms with E-state index in [-0.39, 0.29) is 37.7 Å². The van der Waals surface area contributed by atoms with Gasteiger partial charge in [-0.3, -0.25) is 19.3 Å². The lowest BCUT2D eigenvalue weighted by molar-refractivity contribution is -0.144. The molecule has 0 heterocycles. The van der Waals surface area contributed by atoms with Crippen LogP contribution in [0.3, 0.4) is 0 Å². The van der Waals surface area contributed by atoms with Gasteiger partial charge in [0.05, 0.1) is 0 Å². The zero-order chi connectivity index (χ0) is 50.7. The Labute approximate surface area is 437 Å². The normalized spacial score (nSPS) is 11.5. The molecule has 0 unspecified atom stereocenters. The number of carbonyl (C=O) groups is 3. The van der Waals surface area contributed by atoms with Crippen LogP contribution in [0.5, 0.6) is 0 Å². The van der Waals surface area contributed by atoms with Crippen molar-refractivity contribution in [3.63, 3.8) is 0 Å². The van der Waals surface area contributed by atoms with Crippen molar-refractivity contribution in [2.24, 2.45) is 0 Å². The average molecular weight is 991 g/mol. The Balaban J connectivity index is 4.26. The van der Waals surface area contributed by atoms with Crippen LogP contribution in [0.25, 0.3) is 0 Å². The molecule has 0 aromatic carbocycles. The van der Waals surface area contributed by atoms with Crippen molar-refractivity contribution in [3.05, 3.63) is 0 Å². The van der Waals surface area contributed by atoms with Crippen LogP contribution in [0.15, 0.2) is 0 Å². The molecule has 0 aliphatic rings. The Hall–Kier alpha value is -1.63. The molecule has 0 radical (unpaired) electrons. The highest BCUT2D eigenvalue weighted by Crippen LogP contribution is 2.18. The molecular formula is C63H123NO6. The first kappa shape index (κ1) is 68.4. The second-order valence-corrected chi connectivity index (χ2v) is 21.7. The number of hydrogen-bond acceptors (Lipinski definition) is 7. The third-order valence-corrected chi connectivity index (χ3v) is 14.7. The van der Waals surface area contributed by atoms with E-state index in [2.05, 4.69) is 25.7 Å². The number of hydrogen-bond donors (Lipinski definition) is 0. The van der Waals surface area contributed by atoms with E-state index in [4.69, 9.17) is 14.2 Å². The number of ether oxygens (including phenoxy) is 3. The van der Waals surface area contributed by atoms with E-state index in [1.165, 1.54) is 270 Å². The first-order valence-corrected chi connectivity index (χ1v) is 31.7. The molecule has 0 aromatic rings. The summed E-state index contributed by atoms with van der Waals surface area (Å²) < 4.78 is 16.9. The monoisotopic (exact) mass is 990 g/mol. The van der Waals surface area contributed by atoms with Crippen molar-refractivity contribution in [1.82, 2.24) is 4.90 Å². The summed E-state index contributed by atoms with van der Waals surface area (Å²) in [6.07, 6.45) is 64.4. The molecule has 70 heavy (non-hydrogen) atoms. The predicted octanol–water partition coefficient (Wildman–Crippen LogP) is 19.9. The molecule has 0 spiro atoms. The van der Waals surface area contributed by atoms with Gasteiger partial charge >= 0.3 is 17.9 Å². The zero-order valence-electron chi connectivity index (χ0n) is 47.7. The highest BCUT2D eigenvalue weighted by atomic mass is 16.5. The van der Waals surface area contributed by atoms with Crippen LogP contribution >= 0.6 is 0 Å². The molecule has 7 heteroatoms. The van der Waals surface area contributed by atoms with Gasteiger partial charge in [-0.25, -0.2) is 0 Å². The highest BCUT2D eigenvalue weighted by molar-refractivity contribution is 5.70. The number of rotatable bonds is 60. The van der Waals surface area contributed by atoms with E-state index in [9.17, 15) is 14.4 Å². The minimum absolute atomic E-state index is 0.138. The minimum atomic E-state index is -0.138. The predicted molar refractivity (Wildman–Crippen MR) is 302 cm³/mol. The van der Waals surface area contributed by atoms with Crippen molar-refractivity contribution in [2.45, 2.75) is 348 Å². The van der Waals surface area contributed by atoms with Crippen LogP contribution in [0.4, 0.5) is 0 Å². The van der Waals surface area contributed by atoms with Crippen LogP contribution in [0.1, 0.15) is 348 Å². The third-order valence-electron chi connectivity index (χ3n) is 14.7. The van der Waals surface area contributed by atoms with E-state index >= 15 is 0 Å². The van der Waals surface area contributed by atoms with Crippen molar-refractivity contribution < 1.29 is 28.6 Å². The maximum Gasteiger partial charge on any atom is 0.305 e. The first-order valence-electron chi connectivity index (χ1n) is 31.7. The molecule has 0 amide bonds. The van der Waals surface area contributed by atoms with Crippen LogP contribution < -0.4 is 0 Å². The summed E-state index contributed by atoms with van der Waals surface area (Å²) in [6, 6.07) is 0. The van der Waals surface area contributed by atoms with Gasteiger partial charge in [-0.05, 0) is 19.3 Å². The fourth-order valence-corrected chi connectivity index (χ4v) is 9.87. The van der Waals surface area contributed by atoms with Gasteiger partial charge in [-0.1, -0.05) is 310 Å².